The molecule has 0 fully saturated rings. The molecule has 3 rings (SSSR count). The molecule has 0 atom stereocenters. The van der Waals surface area contributed by atoms with Crippen LogP contribution < -0.4 is 10.9 Å². The summed E-state index contributed by atoms with van der Waals surface area (Å²) in [7, 11) is 3.79. The molecule has 0 saturated heterocycles. The van der Waals surface area contributed by atoms with Crippen molar-refractivity contribution < 1.29 is 9.18 Å². The first-order valence-corrected chi connectivity index (χ1v) is 9.36. The second-order valence-electron chi connectivity index (χ2n) is 6.62. The Bertz CT molecular complexity index is 1020. The number of aryl methyl sites for hydroxylation is 1. The largest absolute Gasteiger partial charge is 0.351 e. The zero-order valence-electron chi connectivity index (χ0n) is 15.4. The highest BCUT2D eigenvalue weighted by Gasteiger charge is 2.19. The number of halogens is 1. The van der Waals surface area contributed by atoms with E-state index in [4.69, 9.17) is 0 Å². The van der Waals surface area contributed by atoms with E-state index in [0.717, 1.165) is 5.56 Å². The average Bonchev–Trinajstić information content (AvgIpc) is 2.93. The Morgan fingerprint density at radius 3 is 2.67 bits per heavy atom. The number of fused-ring (bicyclic) bond motifs is 1. The standard InChI is InChI=1S/C19H21FN4O2S/c1-11-15-17(25)22-14(10-24(2)3)23-19(15)27-16(11)18(26)21-9-8-12-4-6-13(20)7-5-12/h4-7H,8-10H2,1-3H3,(H,21,26)(H,22,23,25). The van der Waals surface area contributed by atoms with Crippen molar-refractivity contribution in [1.29, 1.82) is 0 Å². The van der Waals surface area contributed by atoms with Gasteiger partial charge in [-0.2, -0.15) is 0 Å². The summed E-state index contributed by atoms with van der Waals surface area (Å²) in [5.41, 5.74) is 1.35. The van der Waals surface area contributed by atoms with Crippen molar-refractivity contribution in [2.75, 3.05) is 20.6 Å². The molecule has 3 aromatic rings. The molecule has 0 aliphatic rings. The zero-order valence-corrected chi connectivity index (χ0v) is 16.2. The third-order valence-corrected chi connectivity index (χ3v) is 5.32. The number of aromatic amines is 1. The van der Waals surface area contributed by atoms with Crippen molar-refractivity contribution in [2.45, 2.75) is 19.9 Å². The zero-order chi connectivity index (χ0) is 19.6. The van der Waals surface area contributed by atoms with Gasteiger partial charge in [0.25, 0.3) is 11.5 Å². The summed E-state index contributed by atoms with van der Waals surface area (Å²) >= 11 is 1.22. The van der Waals surface area contributed by atoms with E-state index in [9.17, 15) is 14.0 Å². The van der Waals surface area contributed by atoms with Gasteiger partial charge >= 0.3 is 0 Å². The Kier molecular flexibility index (Phi) is 5.67. The van der Waals surface area contributed by atoms with Crippen LogP contribution in [0.2, 0.25) is 0 Å². The number of hydrogen-bond acceptors (Lipinski definition) is 5. The molecule has 1 amide bonds. The molecule has 0 spiro atoms. The van der Waals surface area contributed by atoms with Gasteiger partial charge in [-0.25, -0.2) is 9.37 Å². The van der Waals surface area contributed by atoms with E-state index >= 15 is 0 Å². The van der Waals surface area contributed by atoms with E-state index in [2.05, 4.69) is 15.3 Å². The normalized spacial score (nSPS) is 11.3. The maximum Gasteiger partial charge on any atom is 0.261 e. The summed E-state index contributed by atoms with van der Waals surface area (Å²) in [6, 6.07) is 6.19. The van der Waals surface area contributed by atoms with E-state index in [1.807, 2.05) is 19.0 Å². The van der Waals surface area contributed by atoms with Crippen LogP contribution in [-0.4, -0.2) is 41.4 Å². The molecule has 1 aromatic carbocycles. The van der Waals surface area contributed by atoms with Crippen LogP contribution in [0.25, 0.3) is 10.2 Å². The number of carbonyl (C=O) groups is 1. The SMILES string of the molecule is Cc1c(C(=O)NCCc2ccc(F)cc2)sc2nc(CN(C)C)[nH]c(=O)c12. The number of carbonyl (C=O) groups excluding carboxylic acids is 1. The van der Waals surface area contributed by atoms with E-state index in [0.29, 0.717) is 46.0 Å². The predicted molar refractivity (Wildman–Crippen MR) is 105 cm³/mol. The number of benzene rings is 1. The fourth-order valence-electron chi connectivity index (χ4n) is 2.83. The van der Waals surface area contributed by atoms with Gasteiger partial charge in [0.2, 0.25) is 0 Å². The lowest BCUT2D eigenvalue weighted by Gasteiger charge is -2.07. The van der Waals surface area contributed by atoms with Gasteiger partial charge in [0.1, 0.15) is 16.5 Å². The summed E-state index contributed by atoms with van der Waals surface area (Å²) in [6.07, 6.45) is 0.599. The Balaban J connectivity index is 1.76. The van der Waals surface area contributed by atoms with Gasteiger partial charge in [0.15, 0.2) is 0 Å². The summed E-state index contributed by atoms with van der Waals surface area (Å²) in [6.45, 7) is 2.70. The topological polar surface area (TPSA) is 78.1 Å². The van der Waals surface area contributed by atoms with E-state index in [-0.39, 0.29) is 17.3 Å². The van der Waals surface area contributed by atoms with Crippen molar-refractivity contribution in [3.05, 3.63) is 62.3 Å². The van der Waals surface area contributed by atoms with Crippen LogP contribution in [0, 0.1) is 12.7 Å². The average molecular weight is 388 g/mol. The van der Waals surface area contributed by atoms with Gasteiger partial charge in [-0.05, 0) is 50.7 Å². The molecule has 0 radical (unpaired) electrons. The molecule has 6 nitrogen and oxygen atoms in total. The summed E-state index contributed by atoms with van der Waals surface area (Å²) in [4.78, 5) is 35.2. The Labute approximate surface area is 160 Å². The van der Waals surface area contributed by atoms with Gasteiger partial charge in [-0.1, -0.05) is 12.1 Å². The maximum atomic E-state index is 12.9. The number of thiophene rings is 1. The molecule has 2 heterocycles. The highest BCUT2D eigenvalue weighted by atomic mass is 32.1. The van der Waals surface area contributed by atoms with Crippen molar-refractivity contribution in [2.24, 2.45) is 0 Å². The van der Waals surface area contributed by atoms with E-state index in [1.54, 1.807) is 19.1 Å². The first kappa shape index (κ1) is 19.2. The number of H-pyrrole nitrogens is 1. The van der Waals surface area contributed by atoms with Crippen molar-refractivity contribution >= 4 is 27.5 Å². The Morgan fingerprint density at radius 2 is 2.00 bits per heavy atom. The Hall–Kier alpha value is -2.58. The number of nitrogens with zero attached hydrogens (tertiary/aromatic N) is 2. The number of rotatable bonds is 6. The van der Waals surface area contributed by atoms with Crippen LogP contribution in [-0.2, 0) is 13.0 Å². The number of hydrogen-bond donors (Lipinski definition) is 2. The summed E-state index contributed by atoms with van der Waals surface area (Å²) in [5, 5.41) is 3.32. The van der Waals surface area contributed by atoms with Crippen LogP contribution >= 0.6 is 11.3 Å². The van der Waals surface area contributed by atoms with Gasteiger partial charge < -0.3 is 15.2 Å². The second kappa shape index (κ2) is 7.98. The maximum absolute atomic E-state index is 12.9. The van der Waals surface area contributed by atoms with Crippen LogP contribution in [0.3, 0.4) is 0 Å². The van der Waals surface area contributed by atoms with Gasteiger partial charge in [-0.15, -0.1) is 11.3 Å². The Morgan fingerprint density at radius 1 is 1.30 bits per heavy atom. The molecule has 0 aliphatic carbocycles. The molecule has 27 heavy (non-hydrogen) atoms. The molecule has 0 aliphatic heterocycles. The van der Waals surface area contributed by atoms with E-state index in [1.165, 1.54) is 23.5 Å². The predicted octanol–water partition coefficient (Wildman–Crippen LogP) is 2.47. The monoisotopic (exact) mass is 388 g/mol. The smallest absolute Gasteiger partial charge is 0.261 e. The molecular formula is C19H21FN4O2S. The quantitative estimate of drug-likeness (QED) is 0.680. The minimum Gasteiger partial charge on any atom is -0.351 e. The highest BCUT2D eigenvalue weighted by Crippen LogP contribution is 2.26. The fraction of sp³-hybridized carbons (Fsp3) is 0.316. The van der Waals surface area contributed by atoms with Crippen LogP contribution in [0.1, 0.15) is 26.6 Å². The molecular weight excluding hydrogens is 367 g/mol. The lowest BCUT2D eigenvalue weighted by molar-refractivity contribution is 0.0957. The van der Waals surface area contributed by atoms with Crippen LogP contribution in [0.5, 0.6) is 0 Å². The number of aromatic nitrogens is 2. The third-order valence-electron chi connectivity index (χ3n) is 4.13. The third kappa shape index (κ3) is 4.40. The van der Waals surface area contributed by atoms with Crippen LogP contribution in [0.15, 0.2) is 29.1 Å². The molecule has 0 unspecified atom stereocenters. The second-order valence-corrected chi connectivity index (χ2v) is 7.62. The molecule has 142 valence electrons. The van der Waals surface area contributed by atoms with Gasteiger partial charge in [-0.3, -0.25) is 9.59 Å². The van der Waals surface area contributed by atoms with Gasteiger partial charge in [0, 0.05) is 6.54 Å². The summed E-state index contributed by atoms with van der Waals surface area (Å²) < 4.78 is 12.9. The first-order chi connectivity index (χ1) is 12.8. The lowest BCUT2D eigenvalue weighted by atomic mass is 10.1. The first-order valence-electron chi connectivity index (χ1n) is 8.55. The van der Waals surface area contributed by atoms with Crippen molar-refractivity contribution in [3.8, 4) is 0 Å². The molecule has 8 heteroatoms. The lowest BCUT2D eigenvalue weighted by Crippen LogP contribution is -2.25. The molecule has 0 bridgehead atoms. The number of nitrogens with one attached hydrogen (secondary N) is 2. The van der Waals surface area contributed by atoms with Crippen molar-refractivity contribution in [1.82, 2.24) is 20.2 Å². The van der Waals surface area contributed by atoms with Crippen LogP contribution in [0.4, 0.5) is 4.39 Å². The van der Waals surface area contributed by atoms with Gasteiger partial charge in [0.05, 0.1) is 16.8 Å². The minimum atomic E-state index is -0.282. The van der Waals surface area contributed by atoms with E-state index < -0.39 is 0 Å². The molecule has 2 N–H and O–H groups in total. The fourth-order valence-corrected chi connectivity index (χ4v) is 3.95. The highest BCUT2D eigenvalue weighted by molar-refractivity contribution is 7.20. The molecule has 0 saturated carbocycles. The van der Waals surface area contributed by atoms with Crippen molar-refractivity contribution in [3.63, 3.8) is 0 Å². The minimum absolute atomic E-state index is 0.226. The number of amides is 1. The summed E-state index contributed by atoms with van der Waals surface area (Å²) in [5.74, 6) is 0.0585. The molecule has 2 aromatic heterocycles.